The zero-order chi connectivity index (χ0) is 18.6. The second-order valence-electron chi connectivity index (χ2n) is 6.04. The third-order valence-electron chi connectivity index (χ3n) is 4.20. The number of anilines is 1. The molecule has 0 bridgehead atoms. The molecule has 0 aliphatic carbocycles. The average Bonchev–Trinajstić information content (AvgIpc) is 3.16. The van der Waals surface area contributed by atoms with Crippen LogP contribution in [0.1, 0.15) is 10.4 Å². The first-order chi connectivity index (χ1) is 13.2. The van der Waals surface area contributed by atoms with Crippen LogP contribution >= 0.6 is 0 Å². The fourth-order valence-electron chi connectivity index (χ4n) is 2.81. The Morgan fingerprint density at radius 2 is 1.70 bits per heavy atom. The van der Waals surface area contributed by atoms with Gasteiger partial charge < -0.3 is 19.8 Å². The second-order valence-corrected chi connectivity index (χ2v) is 6.04. The van der Waals surface area contributed by atoms with E-state index in [4.69, 9.17) is 9.47 Å². The zero-order valence-electron chi connectivity index (χ0n) is 14.7. The molecule has 0 unspecified atom stereocenters. The number of amides is 1. The van der Waals surface area contributed by atoms with Gasteiger partial charge in [0.25, 0.3) is 5.91 Å². The number of aromatic amines is 1. The summed E-state index contributed by atoms with van der Waals surface area (Å²) in [5.74, 6) is 1.91. The molecule has 27 heavy (non-hydrogen) atoms. The molecule has 0 atom stereocenters. The van der Waals surface area contributed by atoms with Crippen molar-refractivity contribution >= 4 is 22.5 Å². The highest BCUT2D eigenvalue weighted by molar-refractivity contribution is 6.04. The van der Waals surface area contributed by atoms with Gasteiger partial charge in [-0.15, -0.1) is 0 Å². The van der Waals surface area contributed by atoms with Crippen LogP contribution in [0.15, 0.2) is 79.0 Å². The van der Waals surface area contributed by atoms with Crippen molar-refractivity contribution in [2.75, 3.05) is 12.4 Å². The molecule has 0 fully saturated rings. The highest BCUT2D eigenvalue weighted by atomic mass is 16.5. The maximum Gasteiger partial charge on any atom is 0.255 e. The Balaban J connectivity index is 1.45. The summed E-state index contributed by atoms with van der Waals surface area (Å²) in [7, 11) is 1.59. The molecule has 5 heteroatoms. The van der Waals surface area contributed by atoms with Crippen LogP contribution in [-0.2, 0) is 0 Å². The predicted octanol–water partition coefficient (Wildman–Crippen LogP) is 5.22. The molecule has 134 valence electrons. The lowest BCUT2D eigenvalue weighted by Gasteiger charge is -2.09. The molecule has 4 aromatic rings. The monoisotopic (exact) mass is 358 g/mol. The molecule has 1 heterocycles. The molecule has 1 amide bonds. The zero-order valence-corrected chi connectivity index (χ0v) is 14.7. The molecule has 0 radical (unpaired) electrons. The van der Waals surface area contributed by atoms with Crippen LogP contribution in [-0.4, -0.2) is 18.0 Å². The Morgan fingerprint density at radius 1 is 0.889 bits per heavy atom. The van der Waals surface area contributed by atoms with Gasteiger partial charge in [0.1, 0.15) is 17.2 Å². The number of hydrogen-bond donors (Lipinski definition) is 2. The van der Waals surface area contributed by atoms with Crippen molar-refractivity contribution in [1.29, 1.82) is 0 Å². The minimum absolute atomic E-state index is 0.191. The van der Waals surface area contributed by atoms with E-state index in [-0.39, 0.29) is 5.91 Å². The summed E-state index contributed by atoms with van der Waals surface area (Å²) in [5, 5.41) is 3.94. The van der Waals surface area contributed by atoms with E-state index in [1.54, 1.807) is 37.4 Å². The van der Waals surface area contributed by atoms with Gasteiger partial charge in [0.2, 0.25) is 0 Å². The minimum Gasteiger partial charge on any atom is -0.497 e. The van der Waals surface area contributed by atoms with Gasteiger partial charge in [-0.05, 0) is 60.7 Å². The smallest absolute Gasteiger partial charge is 0.255 e. The van der Waals surface area contributed by atoms with Gasteiger partial charge >= 0.3 is 0 Å². The molecule has 1 aromatic heterocycles. The highest BCUT2D eigenvalue weighted by Gasteiger charge is 2.08. The number of H-pyrrole nitrogens is 1. The van der Waals surface area contributed by atoms with E-state index in [1.807, 2.05) is 48.7 Å². The summed E-state index contributed by atoms with van der Waals surface area (Å²) >= 11 is 0. The van der Waals surface area contributed by atoms with E-state index < -0.39 is 0 Å². The number of hydrogen-bond acceptors (Lipinski definition) is 3. The Kier molecular flexibility index (Phi) is 4.49. The van der Waals surface area contributed by atoms with E-state index in [2.05, 4.69) is 10.3 Å². The molecule has 0 aliphatic rings. The van der Waals surface area contributed by atoms with Crippen molar-refractivity contribution < 1.29 is 14.3 Å². The van der Waals surface area contributed by atoms with Crippen LogP contribution in [0.5, 0.6) is 17.2 Å². The van der Waals surface area contributed by atoms with Crippen molar-refractivity contribution in [3.63, 3.8) is 0 Å². The number of fused-ring (bicyclic) bond motifs is 1. The molecule has 4 rings (SSSR count). The van der Waals surface area contributed by atoms with Crippen LogP contribution in [0.25, 0.3) is 10.9 Å². The third kappa shape index (κ3) is 3.77. The van der Waals surface area contributed by atoms with Gasteiger partial charge in [0, 0.05) is 34.4 Å². The largest absolute Gasteiger partial charge is 0.497 e. The van der Waals surface area contributed by atoms with Crippen LogP contribution in [0.2, 0.25) is 0 Å². The Labute approximate surface area is 156 Å². The predicted molar refractivity (Wildman–Crippen MR) is 106 cm³/mol. The van der Waals surface area contributed by atoms with Crippen LogP contribution in [0.4, 0.5) is 5.69 Å². The average molecular weight is 358 g/mol. The van der Waals surface area contributed by atoms with E-state index >= 15 is 0 Å². The Bertz CT molecular complexity index is 1080. The summed E-state index contributed by atoms with van der Waals surface area (Å²) in [6, 6.07) is 22.1. The summed E-state index contributed by atoms with van der Waals surface area (Å²) in [6.07, 6.45) is 1.89. The topological polar surface area (TPSA) is 63.4 Å². The number of nitrogens with one attached hydrogen (secondary N) is 2. The van der Waals surface area contributed by atoms with E-state index in [1.165, 1.54) is 0 Å². The molecular weight excluding hydrogens is 340 g/mol. The summed E-state index contributed by atoms with van der Waals surface area (Å²) in [5.41, 5.74) is 2.29. The van der Waals surface area contributed by atoms with Gasteiger partial charge in [0.05, 0.1) is 7.11 Å². The fraction of sp³-hybridized carbons (Fsp3) is 0.0455. The lowest BCUT2D eigenvalue weighted by atomic mass is 10.2. The number of carbonyl (C=O) groups excluding carboxylic acids is 1. The van der Waals surface area contributed by atoms with Crippen molar-refractivity contribution in [2.45, 2.75) is 0 Å². The molecule has 0 saturated heterocycles. The molecule has 3 aromatic carbocycles. The standard InChI is InChI=1S/C22H18N2O3/c1-26-19-4-2-3-17(14-19)24-22(25)15-5-7-18(8-6-15)27-20-9-10-21-16(13-20)11-12-23-21/h2-14,23H,1H3,(H,24,25). The quantitative estimate of drug-likeness (QED) is 0.514. The molecule has 5 nitrogen and oxygen atoms in total. The van der Waals surface area contributed by atoms with Crippen molar-refractivity contribution in [1.82, 2.24) is 4.98 Å². The summed E-state index contributed by atoms with van der Waals surface area (Å²) in [4.78, 5) is 15.6. The fourth-order valence-corrected chi connectivity index (χ4v) is 2.81. The van der Waals surface area contributed by atoms with Gasteiger partial charge in [-0.25, -0.2) is 0 Å². The van der Waals surface area contributed by atoms with Crippen LogP contribution < -0.4 is 14.8 Å². The van der Waals surface area contributed by atoms with Crippen molar-refractivity contribution in [2.24, 2.45) is 0 Å². The van der Waals surface area contributed by atoms with Crippen LogP contribution in [0, 0.1) is 0 Å². The summed E-state index contributed by atoms with van der Waals surface area (Å²) in [6.45, 7) is 0. The number of methoxy groups -OCH3 is 1. The van der Waals surface area contributed by atoms with Crippen molar-refractivity contribution in [3.05, 3.63) is 84.6 Å². The Hall–Kier alpha value is -3.73. The first-order valence-electron chi connectivity index (χ1n) is 8.52. The molecule has 0 spiro atoms. The first kappa shape index (κ1) is 16.7. The number of rotatable bonds is 5. The lowest BCUT2D eigenvalue weighted by Crippen LogP contribution is -2.11. The van der Waals surface area contributed by atoms with Crippen LogP contribution in [0.3, 0.4) is 0 Å². The SMILES string of the molecule is COc1cccc(NC(=O)c2ccc(Oc3ccc4[nH]ccc4c3)cc2)c1. The maximum atomic E-state index is 12.4. The van der Waals surface area contributed by atoms with Gasteiger partial charge in [-0.3, -0.25) is 4.79 Å². The number of ether oxygens (including phenoxy) is 2. The highest BCUT2D eigenvalue weighted by Crippen LogP contribution is 2.25. The molecular formula is C22H18N2O3. The molecule has 0 saturated carbocycles. The number of carbonyl (C=O) groups is 1. The van der Waals surface area contributed by atoms with E-state index in [0.717, 1.165) is 16.7 Å². The third-order valence-corrected chi connectivity index (χ3v) is 4.20. The van der Waals surface area contributed by atoms with E-state index in [0.29, 0.717) is 22.7 Å². The number of benzene rings is 3. The van der Waals surface area contributed by atoms with Gasteiger partial charge in [-0.1, -0.05) is 6.07 Å². The van der Waals surface area contributed by atoms with Gasteiger partial charge in [-0.2, -0.15) is 0 Å². The minimum atomic E-state index is -0.191. The molecule has 2 N–H and O–H groups in total. The molecule has 0 aliphatic heterocycles. The second kappa shape index (κ2) is 7.25. The summed E-state index contributed by atoms with van der Waals surface area (Å²) < 4.78 is 11.0. The normalized spacial score (nSPS) is 10.6. The maximum absolute atomic E-state index is 12.4. The van der Waals surface area contributed by atoms with Crippen molar-refractivity contribution in [3.8, 4) is 17.2 Å². The van der Waals surface area contributed by atoms with E-state index in [9.17, 15) is 4.79 Å². The number of aromatic nitrogens is 1. The van der Waals surface area contributed by atoms with Gasteiger partial charge in [0.15, 0.2) is 0 Å². The first-order valence-corrected chi connectivity index (χ1v) is 8.52. The Morgan fingerprint density at radius 3 is 2.52 bits per heavy atom. The lowest BCUT2D eigenvalue weighted by molar-refractivity contribution is 0.102.